The van der Waals surface area contributed by atoms with Gasteiger partial charge in [-0.25, -0.2) is 4.68 Å². The Hall–Kier alpha value is -2.18. The Morgan fingerprint density at radius 1 is 1.33 bits per heavy atom. The predicted molar refractivity (Wildman–Crippen MR) is 90.2 cm³/mol. The van der Waals surface area contributed by atoms with Gasteiger partial charge in [-0.15, -0.1) is 0 Å². The highest BCUT2D eigenvalue weighted by Gasteiger charge is 2.44. The maximum absolute atomic E-state index is 12.7. The number of carbonyl (C=O) groups excluding carboxylic acids is 1. The number of aliphatic hydroxyl groups is 2. The number of likely N-dealkylation sites (tertiary alicyclic amines) is 1. The fourth-order valence-electron chi connectivity index (χ4n) is 3.12. The summed E-state index contributed by atoms with van der Waals surface area (Å²) in [7, 11) is 0. The molecular weight excluding hydrogens is 306 g/mol. The lowest BCUT2D eigenvalue weighted by molar-refractivity contribution is -0.109. The number of aromatic nitrogens is 2. The molecule has 0 bridgehead atoms. The quantitative estimate of drug-likeness (QED) is 0.867. The fourth-order valence-corrected chi connectivity index (χ4v) is 3.12. The molecule has 1 amide bonds. The summed E-state index contributed by atoms with van der Waals surface area (Å²) in [5.74, 6) is -0.142. The lowest BCUT2D eigenvalue weighted by Crippen LogP contribution is -2.65. The molecule has 6 heteroatoms. The van der Waals surface area contributed by atoms with E-state index >= 15 is 0 Å². The van der Waals surface area contributed by atoms with Crippen molar-refractivity contribution in [3.05, 3.63) is 47.3 Å². The van der Waals surface area contributed by atoms with Gasteiger partial charge in [0, 0.05) is 0 Å². The molecule has 6 nitrogen and oxygen atoms in total. The van der Waals surface area contributed by atoms with Crippen LogP contribution in [-0.2, 0) is 6.42 Å². The first-order valence-electron chi connectivity index (χ1n) is 8.24. The number of para-hydroxylation sites is 1. The Morgan fingerprint density at radius 3 is 2.67 bits per heavy atom. The molecule has 0 atom stereocenters. The summed E-state index contributed by atoms with van der Waals surface area (Å²) in [4.78, 5) is 14.3. The Kier molecular flexibility index (Phi) is 4.43. The lowest BCUT2D eigenvalue weighted by atomic mass is 9.94. The Bertz CT molecular complexity index is 748. The zero-order valence-electron chi connectivity index (χ0n) is 14.1. The smallest absolute Gasteiger partial charge is 0.257 e. The number of amides is 1. The Morgan fingerprint density at radius 2 is 2.04 bits per heavy atom. The van der Waals surface area contributed by atoms with Gasteiger partial charge in [-0.3, -0.25) is 4.79 Å². The largest absolute Gasteiger partial charge is 0.393 e. The molecule has 24 heavy (non-hydrogen) atoms. The van der Waals surface area contributed by atoms with Crippen LogP contribution in [0.3, 0.4) is 0 Å². The topological polar surface area (TPSA) is 78.6 Å². The van der Waals surface area contributed by atoms with Gasteiger partial charge in [-0.05, 0) is 25.0 Å². The van der Waals surface area contributed by atoms with Crippen LogP contribution in [0.2, 0.25) is 0 Å². The van der Waals surface area contributed by atoms with Crippen LogP contribution in [0.25, 0.3) is 5.69 Å². The van der Waals surface area contributed by atoms with E-state index in [1.807, 2.05) is 35.9 Å². The summed E-state index contributed by atoms with van der Waals surface area (Å²) in [6.07, 6.45) is 3.25. The maximum atomic E-state index is 12.7. The first-order chi connectivity index (χ1) is 11.5. The zero-order chi connectivity index (χ0) is 17.3. The van der Waals surface area contributed by atoms with E-state index in [0.29, 0.717) is 5.56 Å². The lowest BCUT2D eigenvalue weighted by Gasteiger charge is -2.45. The van der Waals surface area contributed by atoms with Gasteiger partial charge in [0.15, 0.2) is 0 Å². The second kappa shape index (κ2) is 6.37. The first-order valence-corrected chi connectivity index (χ1v) is 8.24. The van der Waals surface area contributed by atoms with Gasteiger partial charge < -0.3 is 15.1 Å². The average Bonchev–Trinajstić information content (AvgIpc) is 2.95. The number of β-amino-alcohol motifs (C(OH)–C–C–N with tert-alkyl or cyclic N) is 1. The van der Waals surface area contributed by atoms with E-state index in [0.717, 1.165) is 29.8 Å². The number of hydrogen-bond acceptors (Lipinski definition) is 4. The van der Waals surface area contributed by atoms with E-state index in [2.05, 4.69) is 12.0 Å². The fraction of sp³-hybridized carbons (Fsp3) is 0.444. The highest BCUT2D eigenvalue weighted by atomic mass is 16.3. The highest BCUT2D eigenvalue weighted by molar-refractivity contribution is 5.96. The van der Waals surface area contributed by atoms with Gasteiger partial charge in [0.05, 0.1) is 42.8 Å². The van der Waals surface area contributed by atoms with Crippen molar-refractivity contribution in [1.29, 1.82) is 0 Å². The Balaban J connectivity index is 1.93. The standard InChI is InChI=1S/C18H23N3O3/c1-3-6-16-14(17(23)20-10-18(24,11-20)12-22)9-19-21(16)15-8-5-4-7-13(15)2/h4-5,7-9,22,24H,3,6,10-12H2,1-2H3. The third-order valence-electron chi connectivity index (χ3n) is 4.48. The summed E-state index contributed by atoms with van der Waals surface area (Å²) >= 11 is 0. The monoisotopic (exact) mass is 329 g/mol. The van der Waals surface area contributed by atoms with Crippen molar-refractivity contribution in [3.63, 3.8) is 0 Å². The summed E-state index contributed by atoms with van der Waals surface area (Å²) in [6, 6.07) is 7.94. The van der Waals surface area contributed by atoms with Crippen molar-refractivity contribution in [2.45, 2.75) is 32.3 Å². The molecule has 1 fully saturated rings. The second-order valence-corrected chi connectivity index (χ2v) is 6.50. The minimum Gasteiger partial charge on any atom is -0.393 e. The third-order valence-corrected chi connectivity index (χ3v) is 4.48. The van der Waals surface area contributed by atoms with E-state index in [9.17, 15) is 9.90 Å². The molecule has 1 aromatic carbocycles. The third kappa shape index (κ3) is 2.83. The molecule has 1 aliphatic rings. The number of aryl methyl sites for hydroxylation is 1. The number of nitrogens with zero attached hydrogens (tertiary/aromatic N) is 3. The number of carbonyl (C=O) groups is 1. The van der Waals surface area contributed by atoms with Crippen LogP contribution in [0.5, 0.6) is 0 Å². The molecule has 0 aliphatic carbocycles. The molecule has 0 saturated carbocycles. The number of aliphatic hydroxyl groups excluding tert-OH is 1. The molecule has 2 N–H and O–H groups in total. The van der Waals surface area contributed by atoms with Crippen LogP contribution in [0, 0.1) is 6.92 Å². The van der Waals surface area contributed by atoms with E-state index in [-0.39, 0.29) is 25.6 Å². The second-order valence-electron chi connectivity index (χ2n) is 6.50. The molecule has 2 heterocycles. The molecular formula is C18H23N3O3. The SMILES string of the molecule is CCCc1c(C(=O)N2CC(O)(CO)C2)cnn1-c1ccccc1C. The van der Waals surface area contributed by atoms with Gasteiger partial charge in [0.25, 0.3) is 5.91 Å². The highest BCUT2D eigenvalue weighted by Crippen LogP contribution is 2.26. The van der Waals surface area contributed by atoms with Gasteiger partial charge in [0.1, 0.15) is 5.60 Å². The molecule has 3 rings (SSSR count). The normalized spacial score (nSPS) is 16.1. The number of benzene rings is 1. The van der Waals surface area contributed by atoms with E-state index in [1.54, 1.807) is 11.1 Å². The van der Waals surface area contributed by atoms with Crippen molar-refractivity contribution < 1.29 is 15.0 Å². The Labute approximate surface area is 141 Å². The van der Waals surface area contributed by atoms with Crippen LogP contribution in [-0.4, -0.2) is 56.1 Å². The summed E-state index contributed by atoms with van der Waals surface area (Å²) in [6.45, 7) is 4.07. The molecule has 1 aliphatic heterocycles. The molecule has 1 saturated heterocycles. The molecule has 128 valence electrons. The van der Waals surface area contributed by atoms with E-state index < -0.39 is 5.60 Å². The number of hydrogen-bond donors (Lipinski definition) is 2. The minimum atomic E-state index is -1.16. The first kappa shape index (κ1) is 16.7. The minimum absolute atomic E-state index is 0.142. The molecule has 1 aromatic heterocycles. The van der Waals surface area contributed by atoms with Gasteiger partial charge in [0.2, 0.25) is 0 Å². The van der Waals surface area contributed by atoms with Crippen molar-refractivity contribution in [2.75, 3.05) is 19.7 Å². The van der Waals surface area contributed by atoms with Gasteiger partial charge in [-0.2, -0.15) is 5.10 Å². The van der Waals surface area contributed by atoms with Crippen LogP contribution >= 0.6 is 0 Å². The molecule has 0 unspecified atom stereocenters. The molecule has 2 aromatic rings. The number of rotatable bonds is 5. The van der Waals surface area contributed by atoms with Crippen molar-refractivity contribution in [2.24, 2.45) is 0 Å². The van der Waals surface area contributed by atoms with E-state index in [1.165, 1.54) is 0 Å². The molecule has 0 spiro atoms. The van der Waals surface area contributed by atoms with E-state index in [4.69, 9.17) is 5.11 Å². The van der Waals surface area contributed by atoms with Crippen LogP contribution in [0.15, 0.2) is 30.5 Å². The van der Waals surface area contributed by atoms with Crippen molar-refractivity contribution in [3.8, 4) is 5.69 Å². The van der Waals surface area contributed by atoms with Crippen molar-refractivity contribution in [1.82, 2.24) is 14.7 Å². The van der Waals surface area contributed by atoms with Crippen LogP contribution in [0.4, 0.5) is 0 Å². The van der Waals surface area contributed by atoms with Crippen molar-refractivity contribution >= 4 is 5.91 Å². The van der Waals surface area contributed by atoms with Gasteiger partial charge >= 0.3 is 0 Å². The zero-order valence-corrected chi connectivity index (χ0v) is 14.1. The van der Waals surface area contributed by atoms with Gasteiger partial charge in [-0.1, -0.05) is 31.5 Å². The maximum Gasteiger partial charge on any atom is 0.257 e. The summed E-state index contributed by atoms with van der Waals surface area (Å²) < 4.78 is 1.84. The van der Waals surface area contributed by atoms with Crippen LogP contribution < -0.4 is 0 Å². The average molecular weight is 329 g/mol. The molecule has 0 radical (unpaired) electrons. The summed E-state index contributed by atoms with van der Waals surface area (Å²) in [5.41, 5.74) is 2.36. The predicted octanol–water partition coefficient (Wildman–Crippen LogP) is 1.31. The van der Waals surface area contributed by atoms with Crippen LogP contribution in [0.1, 0.15) is 35.0 Å². The summed E-state index contributed by atoms with van der Waals surface area (Å²) in [5, 5.41) is 23.5.